The van der Waals surface area contributed by atoms with E-state index in [2.05, 4.69) is 10.4 Å². The number of aryl methyl sites for hydroxylation is 2. The summed E-state index contributed by atoms with van der Waals surface area (Å²) in [7, 11) is 5.55. The van der Waals surface area contributed by atoms with Crippen LogP contribution < -0.4 is 5.32 Å². The van der Waals surface area contributed by atoms with Gasteiger partial charge >= 0.3 is 0 Å². The van der Waals surface area contributed by atoms with Gasteiger partial charge in [-0.05, 0) is 27.4 Å². The molecule has 0 spiro atoms. The number of carbonyl (C=O) groups excluding carboxylic acids is 1. The lowest BCUT2D eigenvalue weighted by Gasteiger charge is -2.27. The number of rotatable bonds is 6. The first-order valence-corrected chi connectivity index (χ1v) is 6.43. The number of aromatic nitrogens is 2. The van der Waals surface area contributed by atoms with E-state index in [1.54, 1.807) is 24.9 Å². The van der Waals surface area contributed by atoms with Crippen LogP contribution in [0.15, 0.2) is 6.20 Å². The van der Waals surface area contributed by atoms with Crippen molar-refractivity contribution in [1.82, 2.24) is 20.0 Å². The van der Waals surface area contributed by atoms with Crippen LogP contribution in [0.1, 0.15) is 29.9 Å². The van der Waals surface area contributed by atoms with Gasteiger partial charge in [0.1, 0.15) is 0 Å². The molecule has 0 bridgehead atoms. The summed E-state index contributed by atoms with van der Waals surface area (Å²) in [6.45, 7) is 4.36. The van der Waals surface area contributed by atoms with Crippen molar-refractivity contribution in [1.29, 1.82) is 0 Å². The highest BCUT2D eigenvalue weighted by molar-refractivity contribution is 5.95. The molecular formula is C13H24N4O2. The van der Waals surface area contributed by atoms with Gasteiger partial charge < -0.3 is 15.3 Å². The lowest BCUT2D eigenvalue weighted by Crippen LogP contribution is -2.47. The van der Waals surface area contributed by atoms with Crippen molar-refractivity contribution in [3.05, 3.63) is 17.5 Å². The number of nitrogens with one attached hydrogen (secondary N) is 1. The third-order valence-electron chi connectivity index (χ3n) is 2.77. The lowest BCUT2D eigenvalue weighted by molar-refractivity contribution is 0.0326. The Bertz CT molecular complexity index is 438. The molecule has 1 unspecified atom stereocenters. The van der Waals surface area contributed by atoms with E-state index in [1.807, 2.05) is 25.9 Å². The predicted molar refractivity (Wildman–Crippen MR) is 74.1 cm³/mol. The lowest BCUT2D eigenvalue weighted by atomic mass is 10.1. The van der Waals surface area contributed by atoms with Crippen LogP contribution in [0.3, 0.4) is 0 Å². The quantitative estimate of drug-likeness (QED) is 0.763. The zero-order valence-electron chi connectivity index (χ0n) is 12.4. The molecule has 0 aliphatic heterocycles. The summed E-state index contributed by atoms with van der Waals surface area (Å²) in [5, 5.41) is 17.1. The van der Waals surface area contributed by atoms with E-state index < -0.39 is 5.60 Å². The highest BCUT2D eigenvalue weighted by Gasteiger charge is 2.23. The second kappa shape index (κ2) is 6.16. The molecule has 6 nitrogen and oxygen atoms in total. The molecule has 0 aromatic carbocycles. The predicted octanol–water partition coefficient (Wildman–Crippen LogP) is 0.0249. The molecule has 108 valence electrons. The third-order valence-corrected chi connectivity index (χ3v) is 2.77. The Morgan fingerprint density at radius 1 is 1.58 bits per heavy atom. The maximum absolute atomic E-state index is 12.1. The summed E-state index contributed by atoms with van der Waals surface area (Å²) >= 11 is 0. The second-order valence-electron chi connectivity index (χ2n) is 5.43. The van der Waals surface area contributed by atoms with Crippen LogP contribution in [0.4, 0.5) is 0 Å². The van der Waals surface area contributed by atoms with E-state index in [9.17, 15) is 9.90 Å². The van der Waals surface area contributed by atoms with Gasteiger partial charge in [0, 0.05) is 26.3 Å². The SMILES string of the molecule is CCc1nn(C)cc1C(=O)NCC(C)(O)CN(C)C. The summed E-state index contributed by atoms with van der Waals surface area (Å²) in [5.74, 6) is -0.191. The fourth-order valence-corrected chi connectivity index (χ4v) is 2.09. The van der Waals surface area contributed by atoms with Crippen molar-refractivity contribution >= 4 is 5.91 Å². The summed E-state index contributed by atoms with van der Waals surface area (Å²) in [5.41, 5.74) is 0.395. The van der Waals surface area contributed by atoms with Crippen molar-refractivity contribution in [2.45, 2.75) is 25.9 Å². The fourth-order valence-electron chi connectivity index (χ4n) is 2.09. The average molecular weight is 268 g/mol. The van der Waals surface area contributed by atoms with Gasteiger partial charge in [-0.3, -0.25) is 9.48 Å². The Kier molecular flexibility index (Phi) is 5.08. The standard InChI is InChI=1S/C13H24N4O2/c1-6-11-10(7-17(5)15-11)12(18)14-8-13(2,19)9-16(3)4/h7,19H,6,8-9H2,1-5H3,(H,14,18). The first kappa shape index (κ1) is 15.7. The van der Waals surface area contributed by atoms with E-state index in [4.69, 9.17) is 0 Å². The third kappa shape index (κ3) is 4.65. The monoisotopic (exact) mass is 268 g/mol. The molecule has 0 aliphatic rings. The van der Waals surface area contributed by atoms with Gasteiger partial charge in [-0.1, -0.05) is 6.92 Å². The van der Waals surface area contributed by atoms with Crippen LogP contribution in [-0.2, 0) is 13.5 Å². The van der Waals surface area contributed by atoms with Crippen LogP contribution in [-0.4, -0.2) is 58.5 Å². The second-order valence-corrected chi connectivity index (χ2v) is 5.43. The molecule has 1 rings (SSSR count). The number of amides is 1. The fraction of sp³-hybridized carbons (Fsp3) is 0.692. The first-order chi connectivity index (χ1) is 8.75. The summed E-state index contributed by atoms with van der Waals surface area (Å²) < 4.78 is 1.63. The van der Waals surface area contributed by atoms with E-state index in [-0.39, 0.29) is 12.5 Å². The van der Waals surface area contributed by atoms with Crippen molar-refractivity contribution < 1.29 is 9.90 Å². The van der Waals surface area contributed by atoms with E-state index in [1.165, 1.54) is 0 Å². The van der Waals surface area contributed by atoms with Crippen molar-refractivity contribution in [2.24, 2.45) is 7.05 Å². The van der Waals surface area contributed by atoms with Crippen molar-refractivity contribution in [3.8, 4) is 0 Å². The number of hydrogen-bond acceptors (Lipinski definition) is 4. The Morgan fingerprint density at radius 2 is 2.21 bits per heavy atom. The highest BCUT2D eigenvalue weighted by atomic mass is 16.3. The van der Waals surface area contributed by atoms with E-state index in [0.29, 0.717) is 18.5 Å². The van der Waals surface area contributed by atoms with Crippen LogP contribution in [0.5, 0.6) is 0 Å². The van der Waals surface area contributed by atoms with Gasteiger partial charge in [-0.15, -0.1) is 0 Å². The smallest absolute Gasteiger partial charge is 0.254 e. The van der Waals surface area contributed by atoms with E-state index >= 15 is 0 Å². The molecule has 1 amide bonds. The highest BCUT2D eigenvalue weighted by Crippen LogP contribution is 2.08. The molecule has 6 heteroatoms. The number of nitrogens with zero attached hydrogens (tertiary/aromatic N) is 3. The molecule has 1 aromatic rings. The molecule has 0 fully saturated rings. The van der Waals surface area contributed by atoms with Gasteiger partial charge in [0.05, 0.1) is 16.9 Å². The van der Waals surface area contributed by atoms with E-state index in [0.717, 1.165) is 5.69 Å². The summed E-state index contributed by atoms with van der Waals surface area (Å²) in [6.07, 6.45) is 2.41. The van der Waals surface area contributed by atoms with Gasteiger partial charge in [-0.2, -0.15) is 5.10 Å². The molecule has 1 heterocycles. The molecule has 0 saturated heterocycles. The molecule has 2 N–H and O–H groups in total. The van der Waals surface area contributed by atoms with Gasteiger partial charge in [-0.25, -0.2) is 0 Å². The normalized spacial score (nSPS) is 14.5. The number of hydrogen-bond donors (Lipinski definition) is 2. The topological polar surface area (TPSA) is 70.4 Å². The molecule has 1 aromatic heterocycles. The number of aliphatic hydroxyl groups is 1. The van der Waals surface area contributed by atoms with Gasteiger partial charge in [0.2, 0.25) is 0 Å². The molecular weight excluding hydrogens is 244 g/mol. The van der Waals surface area contributed by atoms with Gasteiger partial charge in [0.25, 0.3) is 5.91 Å². The van der Waals surface area contributed by atoms with Crippen molar-refractivity contribution in [3.63, 3.8) is 0 Å². The average Bonchev–Trinajstić information content (AvgIpc) is 2.66. The molecule has 0 aliphatic carbocycles. The van der Waals surface area contributed by atoms with Crippen molar-refractivity contribution in [2.75, 3.05) is 27.2 Å². The maximum atomic E-state index is 12.1. The Morgan fingerprint density at radius 3 is 2.74 bits per heavy atom. The molecule has 1 atom stereocenters. The molecule has 0 saturated carbocycles. The van der Waals surface area contributed by atoms with Crippen LogP contribution in [0, 0.1) is 0 Å². The Balaban J connectivity index is 2.65. The zero-order valence-corrected chi connectivity index (χ0v) is 12.4. The minimum atomic E-state index is -0.951. The zero-order chi connectivity index (χ0) is 14.6. The number of carbonyl (C=O) groups is 1. The summed E-state index contributed by atoms with van der Waals surface area (Å²) in [4.78, 5) is 14.0. The Labute approximate surface area is 114 Å². The van der Waals surface area contributed by atoms with Crippen LogP contribution >= 0.6 is 0 Å². The Hall–Kier alpha value is -1.40. The minimum Gasteiger partial charge on any atom is -0.387 e. The first-order valence-electron chi connectivity index (χ1n) is 6.43. The largest absolute Gasteiger partial charge is 0.387 e. The van der Waals surface area contributed by atoms with Gasteiger partial charge in [0.15, 0.2) is 0 Å². The minimum absolute atomic E-state index is 0.191. The maximum Gasteiger partial charge on any atom is 0.254 e. The van der Waals surface area contributed by atoms with Crippen LogP contribution in [0.25, 0.3) is 0 Å². The molecule has 19 heavy (non-hydrogen) atoms. The van der Waals surface area contributed by atoms with Crippen LogP contribution in [0.2, 0.25) is 0 Å². The number of likely N-dealkylation sites (N-methyl/N-ethyl adjacent to an activating group) is 1. The molecule has 0 radical (unpaired) electrons. The summed E-state index contributed by atoms with van der Waals surface area (Å²) in [6, 6.07) is 0.